The zero-order valence-electron chi connectivity index (χ0n) is 18.0. The van der Waals surface area contributed by atoms with E-state index in [9.17, 15) is 9.59 Å². The first-order valence-corrected chi connectivity index (χ1v) is 11.6. The number of ether oxygens (including phenoxy) is 2. The fraction of sp³-hybridized carbons (Fsp3) is 0.320. The molecular formula is C25H24N2O4S. The molecule has 6 nitrogen and oxygen atoms in total. The molecule has 2 aliphatic heterocycles. The van der Waals surface area contributed by atoms with Crippen molar-refractivity contribution < 1.29 is 19.1 Å². The summed E-state index contributed by atoms with van der Waals surface area (Å²) in [6, 6.07) is 13.0. The van der Waals surface area contributed by atoms with Crippen LogP contribution in [0.15, 0.2) is 54.3 Å². The van der Waals surface area contributed by atoms with Crippen LogP contribution in [-0.4, -0.2) is 33.7 Å². The summed E-state index contributed by atoms with van der Waals surface area (Å²) in [5, 5.41) is 0.885. The smallest absolute Gasteiger partial charge is 0.255 e. The zero-order chi connectivity index (χ0) is 22.2. The Bertz CT molecular complexity index is 1200. The molecule has 3 aromatic rings. The topological polar surface area (TPSA) is 72.0 Å². The largest absolute Gasteiger partial charge is 0.486 e. The van der Waals surface area contributed by atoms with Crippen LogP contribution in [0.4, 0.5) is 0 Å². The summed E-state index contributed by atoms with van der Waals surface area (Å²) < 4.78 is 12.7. The predicted molar refractivity (Wildman–Crippen MR) is 123 cm³/mol. The van der Waals surface area contributed by atoms with Crippen LogP contribution in [0.25, 0.3) is 10.2 Å². The Balaban J connectivity index is 1.31. The van der Waals surface area contributed by atoms with Crippen LogP contribution >= 0.6 is 11.3 Å². The highest BCUT2D eigenvalue weighted by atomic mass is 32.1. The molecule has 1 fully saturated rings. The third kappa shape index (κ3) is 3.88. The average molecular weight is 449 g/mol. The van der Waals surface area contributed by atoms with Crippen LogP contribution < -0.4 is 4.74 Å². The molecule has 0 N–H and O–H groups in total. The molecule has 5 rings (SSSR count). The molecule has 1 amide bonds. The molecule has 7 heteroatoms. The number of carbonyl (C=O) groups excluding carboxylic acids is 2. The van der Waals surface area contributed by atoms with E-state index in [0.29, 0.717) is 30.9 Å². The molecule has 2 atom stereocenters. The lowest BCUT2D eigenvalue weighted by Crippen LogP contribution is -2.40. The van der Waals surface area contributed by atoms with Crippen molar-refractivity contribution in [3.63, 3.8) is 0 Å². The molecule has 1 aromatic heterocycles. The fourth-order valence-electron chi connectivity index (χ4n) is 4.31. The molecule has 32 heavy (non-hydrogen) atoms. The third-order valence-corrected chi connectivity index (χ3v) is 7.02. The summed E-state index contributed by atoms with van der Waals surface area (Å²) in [4.78, 5) is 31.8. The summed E-state index contributed by atoms with van der Waals surface area (Å²) >= 11 is 1.60. The minimum atomic E-state index is -0.464. The number of rotatable bonds is 8. The van der Waals surface area contributed by atoms with Gasteiger partial charge in [0.2, 0.25) is 0 Å². The molecular weight excluding hydrogens is 424 g/mol. The van der Waals surface area contributed by atoms with E-state index in [1.165, 1.54) is 0 Å². The van der Waals surface area contributed by atoms with Crippen molar-refractivity contribution in [3.05, 3.63) is 70.4 Å². The van der Waals surface area contributed by atoms with E-state index in [0.717, 1.165) is 33.0 Å². The van der Waals surface area contributed by atoms with Gasteiger partial charge >= 0.3 is 0 Å². The molecule has 2 unspecified atom stereocenters. The van der Waals surface area contributed by atoms with Crippen molar-refractivity contribution in [2.75, 3.05) is 0 Å². The summed E-state index contributed by atoms with van der Waals surface area (Å²) in [5.41, 5.74) is 2.40. The summed E-state index contributed by atoms with van der Waals surface area (Å²) in [7, 11) is 0. The van der Waals surface area contributed by atoms with E-state index >= 15 is 0 Å². The normalized spacial score (nSPS) is 19.2. The Hall–Kier alpha value is -3.19. The summed E-state index contributed by atoms with van der Waals surface area (Å²) in [6.45, 7) is 4.20. The van der Waals surface area contributed by atoms with Crippen LogP contribution in [0.5, 0.6) is 5.75 Å². The lowest BCUT2D eigenvalue weighted by atomic mass is 10.0. The number of amides is 1. The monoisotopic (exact) mass is 448 g/mol. The van der Waals surface area contributed by atoms with Gasteiger partial charge in [-0.2, -0.15) is 0 Å². The van der Waals surface area contributed by atoms with Crippen LogP contribution in [0.1, 0.15) is 47.6 Å². The van der Waals surface area contributed by atoms with Gasteiger partial charge in [0.25, 0.3) is 5.91 Å². The second kappa shape index (κ2) is 8.39. The maximum absolute atomic E-state index is 13.1. The Morgan fingerprint density at radius 1 is 1.31 bits per heavy atom. The number of allylic oxidation sites excluding steroid dienone is 1. The van der Waals surface area contributed by atoms with Gasteiger partial charge in [-0.05, 0) is 57.0 Å². The van der Waals surface area contributed by atoms with E-state index < -0.39 is 6.04 Å². The first kappa shape index (κ1) is 20.7. The predicted octanol–water partition coefficient (Wildman–Crippen LogP) is 4.87. The molecule has 2 aliphatic rings. The molecule has 0 radical (unpaired) electrons. The lowest BCUT2D eigenvalue weighted by molar-refractivity contribution is -0.121. The number of hydrogen-bond donors (Lipinski definition) is 0. The highest BCUT2D eigenvalue weighted by Gasteiger charge is 2.39. The number of fused-ring (bicyclic) bond motifs is 2. The number of thiazole rings is 1. The first-order chi connectivity index (χ1) is 15.5. The van der Waals surface area contributed by atoms with E-state index in [4.69, 9.17) is 9.47 Å². The first-order valence-electron chi connectivity index (χ1n) is 10.8. The Morgan fingerprint density at radius 2 is 2.16 bits per heavy atom. The van der Waals surface area contributed by atoms with Gasteiger partial charge in [-0.3, -0.25) is 9.59 Å². The minimum absolute atomic E-state index is 0.00854. The number of epoxide rings is 1. The second-order valence-corrected chi connectivity index (χ2v) is 9.20. The number of nitrogens with zero attached hydrogens (tertiary/aromatic N) is 2. The van der Waals surface area contributed by atoms with Gasteiger partial charge in [0.05, 0.1) is 22.8 Å². The maximum atomic E-state index is 13.1. The van der Waals surface area contributed by atoms with Crippen LogP contribution in [0.3, 0.4) is 0 Å². The van der Waals surface area contributed by atoms with Crippen molar-refractivity contribution in [2.24, 2.45) is 0 Å². The number of aromatic nitrogens is 1. The molecule has 2 aromatic carbocycles. The molecule has 0 bridgehead atoms. The SMILES string of the molecule is C/C=C1/OC1CCC(C(C)=O)N1Cc2c(OCc3nc4ccccc4s3)cccc2C1=O. The van der Waals surface area contributed by atoms with Crippen LogP contribution in [-0.2, 0) is 22.7 Å². The zero-order valence-corrected chi connectivity index (χ0v) is 18.9. The van der Waals surface area contributed by atoms with Gasteiger partial charge in [-0.15, -0.1) is 11.3 Å². The van der Waals surface area contributed by atoms with E-state index in [1.54, 1.807) is 29.2 Å². The van der Waals surface area contributed by atoms with Crippen molar-refractivity contribution in [1.29, 1.82) is 0 Å². The minimum Gasteiger partial charge on any atom is -0.486 e. The van der Waals surface area contributed by atoms with Crippen molar-refractivity contribution in [3.8, 4) is 5.75 Å². The van der Waals surface area contributed by atoms with Gasteiger partial charge in [-0.25, -0.2) is 4.98 Å². The van der Waals surface area contributed by atoms with Gasteiger partial charge in [0.1, 0.15) is 23.1 Å². The summed E-state index contributed by atoms with van der Waals surface area (Å²) in [6.07, 6.45) is 3.33. The third-order valence-electron chi connectivity index (χ3n) is 6.01. The quantitative estimate of drug-likeness (QED) is 0.460. The molecule has 1 saturated heterocycles. The molecule has 164 valence electrons. The molecule has 3 heterocycles. The van der Waals surface area contributed by atoms with Gasteiger partial charge in [-0.1, -0.05) is 18.2 Å². The number of ketones is 1. The van der Waals surface area contributed by atoms with E-state index in [-0.39, 0.29) is 17.8 Å². The highest BCUT2D eigenvalue weighted by molar-refractivity contribution is 7.18. The maximum Gasteiger partial charge on any atom is 0.255 e. The van der Waals surface area contributed by atoms with Crippen molar-refractivity contribution >= 4 is 33.2 Å². The van der Waals surface area contributed by atoms with Crippen LogP contribution in [0, 0.1) is 0 Å². The fourth-order valence-corrected chi connectivity index (χ4v) is 5.19. The van der Waals surface area contributed by atoms with Gasteiger partial charge < -0.3 is 14.4 Å². The number of hydrogen-bond acceptors (Lipinski definition) is 6. The van der Waals surface area contributed by atoms with E-state index in [2.05, 4.69) is 4.98 Å². The number of benzene rings is 2. The Morgan fingerprint density at radius 3 is 2.91 bits per heavy atom. The average Bonchev–Trinajstić information content (AvgIpc) is 3.30. The summed E-state index contributed by atoms with van der Waals surface area (Å²) in [5.74, 6) is 1.51. The van der Waals surface area contributed by atoms with Gasteiger partial charge in [0, 0.05) is 11.1 Å². The highest BCUT2D eigenvalue weighted by Crippen LogP contribution is 2.36. The second-order valence-electron chi connectivity index (χ2n) is 8.08. The van der Waals surface area contributed by atoms with Crippen LogP contribution in [0.2, 0.25) is 0 Å². The lowest BCUT2D eigenvalue weighted by Gasteiger charge is -2.25. The van der Waals surface area contributed by atoms with Crippen molar-refractivity contribution in [1.82, 2.24) is 9.88 Å². The van der Waals surface area contributed by atoms with Crippen molar-refractivity contribution in [2.45, 2.75) is 52.0 Å². The number of carbonyl (C=O) groups is 2. The number of Topliss-reactive ketones (excluding diaryl/α,β-unsaturated/α-hetero) is 1. The van der Waals surface area contributed by atoms with E-state index in [1.807, 2.05) is 49.4 Å². The Labute approximate surface area is 190 Å². The standard InChI is InChI=1S/C25H24N2O4S/c1-3-20-22(31-20)12-11-19(15(2)28)27-13-17-16(25(27)29)7-6-9-21(17)30-14-24-26-18-8-4-5-10-23(18)32-24/h3-10,19,22H,11-14H2,1-2H3/b20-3+. The number of para-hydroxylation sites is 1. The molecule has 0 saturated carbocycles. The molecule has 0 spiro atoms. The molecule has 0 aliphatic carbocycles. The van der Waals surface area contributed by atoms with Gasteiger partial charge in [0.15, 0.2) is 11.9 Å². The Kier molecular flexibility index (Phi) is 5.43.